The van der Waals surface area contributed by atoms with Gasteiger partial charge in [0.25, 0.3) is 0 Å². The lowest BCUT2D eigenvalue weighted by molar-refractivity contribution is -0.125. The summed E-state index contributed by atoms with van der Waals surface area (Å²) in [6.07, 6.45) is 2.72. The lowest BCUT2D eigenvalue weighted by Gasteiger charge is -2.21. The van der Waals surface area contributed by atoms with Gasteiger partial charge in [0.05, 0.1) is 25.9 Å². The van der Waals surface area contributed by atoms with Crippen molar-refractivity contribution in [3.8, 4) is 6.07 Å². The predicted octanol–water partition coefficient (Wildman–Crippen LogP) is 0.0789. The highest BCUT2D eigenvalue weighted by Gasteiger charge is 2.33. The minimum Gasteiger partial charge on any atom is -0.447 e. The number of carbonyl (C=O) groups excluding carboxylic acids is 3. The monoisotopic (exact) mass is 410 g/mol. The Balaban J connectivity index is 1.77. The Morgan fingerprint density at radius 2 is 1.93 bits per heavy atom. The Bertz CT molecular complexity index is 604. The maximum atomic E-state index is 12.6. The van der Waals surface area contributed by atoms with Crippen molar-refractivity contribution in [1.82, 2.24) is 16.0 Å². The molecule has 10 heteroatoms. The van der Waals surface area contributed by atoms with Crippen LogP contribution in [0.25, 0.3) is 0 Å². The number of hydrogen-bond donors (Lipinski definition) is 3. The lowest BCUT2D eigenvalue weighted by atomic mass is 9.98. The Hall–Kier alpha value is -2.38. The third-order valence-corrected chi connectivity index (χ3v) is 4.92. The van der Waals surface area contributed by atoms with Gasteiger partial charge in [0.2, 0.25) is 11.8 Å². The molecule has 3 N–H and O–H groups in total. The number of carbonyl (C=O) groups is 3. The largest absolute Gasteiger partial charge is 0.447 e. The van der Waals surface area contributed by atoms with E-state index in [0.29, 0.717) is 38.5 Å². The fourth-order valence-corrected chi connectivity index (χ4v) is 3.11. The van der Waals surface area contributed by atoms with Gasteiger partial charge in [-0.05, 0) is 25.2 Å². The van der Waals surface area contributed by atoms with E-state index in [0.717, 1.165) is 12.8 Å². The quantitative estimate of drug-likeness (QED) is 0.365. The molecule has 2 rings (SSSR count). The Kier molecular flexibility index (Phi) is 9.67. The Labute approximate surface area is 170 Å². The van der Waals surface area contributed by atoms with E-state index in [-0.39, 0.29) is 31.5 Å². The van der Waals surface area contributed by atoms with Crippen LogP contribution in [-0.2, 0) is 23.8 Å². The highest BCUT2D eigenvalue weighted by Crippen LogP contribution is 2.33. The van der Waals surface area contributed by atoms with Crippen LogP contribution in [0.4, 0.5) is 4.79 Å². The molecule has 3 amide bonds. The first kappa shape index (κ1) is 22.9. The summed E-state index contributed by atoms with van der Waals surface area (Å²) in [5.74, 6) is -0.430. The second-order valence-corrected chi connectivity index (χ2v) is 7.32. The second kappa shape index (κ2) is 12.2. The maximum Gasteiger partial charge on any atom is 0.407 e. The number of nitrogens with one attached hydrogen (secondary N) is 3. The zero-order valence-corrected chi connectivity index (χ0v) is 16.8. The van der Waals surface area contributed by atoms with Gasteiger partial charge in [-0.15, -0.1) is 0 Å². The van der Waals surface area contributed by atoms with Gasteiger partial charge in [0, 0.05) is 19.6 Å². The fraction of sp³-hybridized carbons (Fsp3) is 0.789. The number of hydrogen-bond acceptors (Lipinski definition) is 7. The zero-order valence-electron chi connectivity index (χ0n) is 16.8. The molecular formula is C19H30N4O6. The minimum atomic E-state index is -0.787. The van der Waals surface area contributed by atoms with E-state index < -0.39 is 24.1 Å². The van der Waals surface area contributed by atoms with E-state index in [2.05, 4.69) is 16.0 Å². The summed E-state index contributed by atoms with van der Waals surface area (Å²) < 4.78 is 15.1. The average Bonchev–Trinajstić information content (AvgIpc) is 3.43. The van der Waals surface area contributed by atoms with Crippen LogP contribution in [0.1, 0.15) is 32.1 Å². The minimum absolute atomic E-state index is 0.0604. The number of nitriles is 1. The summed E-state index contributed by atoms with van der Waals surface area (Å²) in [5, 5.41) is 17.3. The Morgan fingerprint density at radius 1 is 1.17 bits per heavy atom. The number of rotatable bonds is 13. The summed E-state index contributed by atoms with van der Waals surface area (Å²) in [5.41, 5.74) is 0. The predicted molar refractivity (Wildman–Crippen MR) is 102 cm³/mol. The van der Waals surface area contributed by atoms with Gasteiger partial charge in [-0.25, -0.2) is 4.79 Å². The second-order valence-electron chi connectivity index (χ2n) is 7.32. The van der Waals surface area contributed by atoms with E-state index in [4.69, 9.17) is 14.2 Å². The highest BCUT2D eigenvalue weighted by molar-refractivity contribution is 5.86. The van der Waals surface area contributed by atoms with Crippen molar-refractivity contribution in [2.24, 2.45) is 11.8 Å². The number of nitrogens with zero attached hydrogens (tertiary/aromatic N) is 1. The maximum absolute atomic E-state index is 12.6. The summed E-state index contributed by atoms with van der Waals surface area (Å²) in [6.45, 7) is 1.74. The van der Waals surface area contributed by atoms with Crippen LogP contribution in [0.3, 0.4) is 0 Å². The lowest BCUT2D eigenvalue weighted by Crippen LogP contribution is -2.50. The van der Waals surface area contributed by atoms with Gasteiger partial charge in [-0.1, -0.05) is 12.8 Å². The fourth-order valence-electron chi connectivity index (χ4n) is 3.11. The molecule has 0 aromatic rings. The van der Waals surface area contributed by atoms with Crippen LogP contribution in [0, 0.1) is 23.2 Å². The van der Waals surface area contributed by atoms with Crippen LogP contribution in [0.5, 0.6) is 0 Å². The molecule has 1 heterocycles. The van der Waals surface area contributed by atoms with Crippen molar-refractivity contribution in [2.75, 3.05) is 40.1 Å². The van der Waals surface area contributed by atoms with E-state index in [1.165, 1.54) is 0 Å². The highest BCUT2D eigenvalue weighted by atomic mass is 16.6. The van der Waals surface area contributed by atoms with Gasteiger partial charge in [-0.2, -0.15) is 5.26 Å². The van der Waals surface area contributed by atoms with E-state index in [1.54, 1.807) is 7.11 Å². The molecule has 0 bridgehead atoms. The number of alkyl carbamates (subject to hydrolysis) is 1. The summed E-state index contributed by atoms with van der Waals surface area (Å²) >= 11 is 0. The van der Waals surface area contributed by atoms with E-state index in [9.17, 15) is 19.6 Å². The third-order valence-electron chi connectivity index (χ3n) is 4.92. The van der Waals surface area contributed by atoms with Crippen molar-refractivity contribution in [3.05, 3.63) is 0 Å². The SMILES string of the molecule is COCCOCCOC(=O)NC(CC1CC1)C(=O)N[C@H](C#N)CC1CCNC1=O. The molecule has 1 saturated heterocycles. The topological polar surface area (TPSA) is 139 Å². The van der Waals surface area contributed by atoms with Crippen molar-refractivity contribution in [3.63, 3.8) is 0 Å². The molecule has 162 valence electrons. The molecular weight excluding hydrogens is 380 g/mol. The third kappa shape index (κ3) is 8.66. The molecule has 2 fully saturated rings. The molecule has 10 nitrogen and oxygen atoms in total. The first-order chi connectivity index (χ1) is 14.0. The van der Waals surface area contributed by atoms with E-state index in [1.807, 2.05) is 6.07 Å². The summed E-state index contributed by atoms with van der Waals surface area (Å²) in [4.78, 5) is 36.4. The molecule has 0 radical (unpaired) electrons. The number of methoxy groups -OCH3 is 1. The van der Waals surface area contributed by atoms with Crippen LogP contribution in [-0.4, -0.2) is 70.1 Å². The number of amides is 3. The van der Waals surface area contributed by atoms with Crippen LogP contribution < -0.4 is 16.0 Å². The molecule has 1 aliphatic carbocycles. The summed E-state index contributed by atoms with van der Waals surface area (Å²) in [6, 6.07) is 0.467. The van der Waals surface area contributed by atoms with Crippen LogP contribution >= 0.6 is 0 Å². The molecule has 2 unspecified atom stereocenters. The van der Waals surface area contributed by atoms with Crippen molar-refractivity contribution < 1.29 is 28.6 Å². The molecule has 0 aromatic heterocycles. The van der Waals surface area contributed by atoms with Crippen molar-refractivity contribution >= 4 is 17.9 Å². The summed E-state index contributed by atoms with van der Waals surface area (Å²) in [7, 11) is 1.57. The van der Waals surface area contributed by atoms with Crippen molar-refractivity contribution in [1.29, 1.82) is 5.26 Å². The molecule has 2 aliphatic rings. The van der Waals surface area contributed by atoms with Gasteiger partial charge in [-0.3, -0.25) is 9.59 Å². The van der Waals surface area contributed by atoms with Gasteiger partial charge in [0.15, 0.2) is 0 Å². The van der Waals surface area contributed by atoms with Gasteiger partial charge in [0.1, 0.15) is 18.7 Å². The molecule has 1 saturated carbocycles. The van der Waals surface area contributed by atoms with Gasteiger partial charge >= 0.3 is 6.09 Å². The standard InChI is InChI=1S/C19H30N4O6/c1-27-6-7-28-8-9-29-19(26)23-16(10-13-2-3-13)18(25)22-15(12-20)11-14-4-5-21-17(14)24/h13-16H,2-11H2,1H3,(H,21,24)(H,22,25)(H,23,26)/t14?,15-,16?/m0/s1. The van der Waals surface area contributed by atoms with Gasteiger partial charge < -0.3 is 30.2 Å². The first-order valence-corrected chi connectivity index (χ1v) is 10.0. The molecule has 0 spiro atoms. The first-order valence-electron chi connectivity index (χ1n) is 10.0. The van der Waals surface area contributed by atoms with Crippen molar-refractivity contribution in [2.45, 2.75) is 44.2 Å². The van der Waals surface area contributed by atoms with Crippen LogP contribution in [0.15, 0.2) is 0 Å². The molecule has 29 heavy (non-hydrogen) atoms. The molecule has 1 aliphatic heterocycles. The normalized spacial score (nSPS) is 20.3. The smallest absolute Gasteiger partial charge is 0.407 e. The molecule has 0 aromatic carbocycles. The van der Waals surface area contributed by atoms with Crippen LogP contribution in [0.2, 0.25) is 0 Å². The van der Waals surface area contributed by atoms with E-state index >= 15 is 0 Å². The number of ether oxygens (including phenoxy) is 3. The molecule has 3 atom stereocenters. The zero-order chi connectivity index (χ0) is 21.1. The Morgan fingerprint density at radius 3 is 2.55 bits per heavy atom. The average molecular weight is 410 g/mol.